The van der Waals surface area contributed by atoms with Crippen molar-refractivity contribution in [3.8, 4) is 0 Å². The van der Waals surface area contributed by atoms with Gasteiger partial charge in [-0.3, -0.25) is 9.63 Å². The Labute approximate surface area is 89.6 Å². The van der Waals surface area contributed by atoms with E-state index in [1.165, 1.54) is 0 Å². The molecule has 0 saturated carbocycles. The molecule has 0 aliphatic heterocycles. The molecule has 0 aliphatic rings. The number of hydrogen-bond donors (Lipinski definition) is 3. The fourth-order valence-corrected chi connectivity index (χ4v) is 1.67. The number of thiophene rings is 1. The Morgan fingerprint density at radius 2 is 2.33 bits per heavy atom. The van der Waals surface area contributed by atoms with Crippen LogP contribution in [0.2, 0.25) is 0 Å². The highest BCUT2D eigenvalue weighted by Gasteiger charge is 2.10. The minimum absolute atomic E-state index is 0.221. The predicted molar refractivity (Wildman–Crippen MR) is 53.3 cm³/mol. The molecule has 0 aromatic carbocycles. The number of carboxylic acid groups (broad SMARTS) is 1. The maximum absolute atomic E-state index is 10.7. The van der Waals surface area contributed by atoms with Gasteiger partial charge < -0.3 is 10.8 Å². The number of hydroxylamine groups is 1. The van der Waals surface area contributed by atoms with Crippen LogP contribution in [-0.4, -0.2) is 23.6 Å². The molecule has 1 aromatic rings. The second-order valence-corrected chi connectivity index (χ2v) is 3.57. The van der Waals surface area contributed by atoms with E-state index in [1.54, 1.807) is 11.4 Å². The van der Waals surface area contributed by atoms with E-state index >= 15 is 0 Å². The Hall–Kier alpha value is -1.44. The fraction of sp³-hybridized carbons (Fsp3) is 0.250. The number of hydrogen-bond acceptors (Lipinski definition) is 5. The molecule has 0 aliphatic carbocycles. The first-order valence-corrected chi connectivity index (χ1v) is 4.92. The van der Waals surface area contributed by atoms with E-state index in [0.717, 1.165) is 11.3 Å². The van der Waals surface area contributed by atoms with Gasteiger partial charge >= 0.3 is 5.97 Å². The Bertz CT molecular complexity index is 363. The molecule has 0 atom stereocenters. The maximum atomic E-state index is 10.7. The van der Waals surface area contributed by atoms with Crippen molar-refractivity contribution in [1.29, 1.82) is 0 Å². The molecule has 7 heteroatoms. The third-order valence-electron chi connectivity index (χ3n) is 1.52. The second-order valence-electron chi connectivity index (χ2n) is 2.66. The topological polar surface area (TPSA) is 102 Å². The van der Waals surface area contributed by atoms with Gasteiger partial charge in [0.05, 0.1) is 0 Å². The molecule has 0 radical (unpaired) electrons. The summed E-state index contributed by atoms with van der Waals surface area (Å²) in [6, 6.07) is 1.68. The van der Waals surface area contributed by atoms with Gasteiger partial charge in [-0.1, -0.05) is 0 Å². The summed E-state index contributed by atoms with van der Waals surface area (Å²) in [4.78, 5) is 25.9. The number of nitrogens with two attached hydrogens (primary N) is 1. The predicted octanol–water partition coefficient (Wildman–Crippen LogP) is -0.0472. The molecule has 0 bridgehead atoms. The van der Waals surface area contributed by atoms with Gasteiger partial charge in [-0.25, -0.2) is 4.79 Å². The van der Waals surface area contributed by atoms with E-state index in [9.17, 15) is 9.59 Å². The number of carbonyl (C=O) groups excluding carboxylic acids is 1. The van der Waals surface area contributed by atoms with Crippen LogP contribution >= 0.6 is 11.3 Å². The maximum Gasteiger partial charge on any atom is 0.346 e. The molecular formula is C8H10N2O4S. The van der Waals surface area contributed by atoms with Crippen molar-refractivity contribution < 1.29 is 19.5 Å². The first kappa shape index (κ1) is 11.6. The molecule has 1 aromatic heterocycles. The number of aromatic carboxylic acids is 1. The zero-order chi connectivity index (χ0) is 11.3. The van der Waals surface area contributed by atoms with Gasteiger partial charge in [-0.2, -0.15) is 5.48 Å². The highest BCUT2D eigenvalue weighted by atomic mass is 32.1. The van der Waals surface area contributed by atoms with Gasteiger partial charge in [0.15, 0.2) is 0 Å². The smallest absolute Gasteiger partial charge is 0.346 e. The third-order valence-corrected chi connectivity index (χ3v) is 2.46. The lowest BCUT2D eigenvalue weighted by atomic mass is 10.2. The summed E-state index contributed by atoms with van der Waals surface area (Å²) in [5.41, 5.74) is 7.90. The van der Waals surface area contributed by atoms with Crippen LogP contribution in [0.5, 0.6) is 0 Å². The molecule has 15 heavy (non-hydrogen) atoms. The average Bonchev–Trinajstić information content (AvgIpc) is 2.60. The Balaban J connectivity index is 2.40. The normalized spacial score (nSPS) is 10.1. The molecule has 1 heterocycles. The molecule has 0 saturated heterocycles. The molecule has 1 amide bonds. The summed E-state index contributed by atoms with van der Waals surface area (Å²) in [5.74, 6) is -1.57. The van der Waals surface area contributed by atoms with Crippen LogP contribution < -0.4 is 11.2 Å². The molecular weight excluding hydrogens is 220 g/mol. The monoisotopic (exact) mass is 230 g/mol. The molecule has 6 nitrogen and oxygen atoms in total. The van der Waals surface area contributed by atoms with E-state index in [1.807, 2.05) is 0 Å². The van der Waals surface area contributed by atoms with Crippen molar-refractivity contribution in [2.24, 2.45) is 5.73 Å². The second kappa shape index (κ2) is 5.44. The summed E-state index contributed by atoms with van der Waals surface area (Å²) >= 11 is 1.14. The van der Waals surface area contributed by atoms with E-state index in [-0.39, 0.29) is 18.0 Å². The van der Waals surface area contributed by atoms with Gasteiger partial charge in [0.1, 0.15) is 11.5 Å². The van der Waals surface area contributed by atoms with Gasteiger partial charge in [-0.15, -0.1) is 11.3 Å². The highest BCUT2D eigenvalue weighted by molar-refractivity contribution is 7.12. The molecule has 1 rings (SSSR count). The van der Waals surface area contributed by atoms with Crippen molar-refractivity contribution in [3.05, 3.63) is 21.9 Å². The average molecular weight is 230 g/mol. The Morgan fingerprint density at radius 1 is 1.60 bits per heavy atom. The first-order valence-electron chi connectivity index (χ1n) is 4.04. The largest absolute Gasteiger partial charge is 0.477 e. The van der Waals surface area contributed by atoms with Crippen LogP contribution in [0.15, 0.2) is 11.4 Å². The molecule has 0 spiro atoms. The Kier molecular flexibility index (Phi) is 4.22. The van der Waals surface area contributed by atoms with Crippen molar-refractivity contribution in [3.63, 3.8) is 0 Å². The van der Waals surface area contributed by atoms with Crippen molar-refractivity contribution in [1.82, 2.24) is 5.48 Å². The zero-order valence-electron chi connectivity index (χ0n) is 7.73. The number of amides is 1. The van der Waals surface area contributed by atoms with E-state index in [2.05, 4.69) is 5.48 Å². The van der Waals surface area contributed by atoms with E-state index < -0.39 is 11.9 Å². The van der Waals surface area contributed by atoms with Gasteiger partial charge in [0.2, 0.25) is 5.91 Å². The molecule has 0 unspecified atom stereocenters. The number of primary amides is 1. The number of rotatable bonds is 6. The standard InChI is InChI=1S/C8H10N2O4S/c9-6(11)4-14-10-3-5-1-2-15-7(5)8(12)13/h1-2,10H,3-4H2,(H2,9,11)(H,12,13). The van der Waals surface area contributed by atoms with Gasteiger partial charge in [0.25, 0.3) is 0 Å². The number of carboxylic acids is 1. The molecule has 82 valence electrons. The van der Waals surface area contributed by atoms with Crippen molar-refractivity contribution >= 4 is 23.2 Å². The summed E-state index contributed by atoms with van der Waals surface area (Å²) in [7, 11) is 0. The Morgan fingerprint density at radius 3 is 2.93 bits per heavy atom. The number of nitrogens with one attached hydrogen (secondary N) is 1. The zero-order valence-corrected chi connectivity index (χ0v) is 8.54. The molecule has 4 N–H and O–H groups in total. The first-order chi connectivity index (χ1) is 7.11. The van der Waals surface area contributed by atoms with Crippen LogP contribution in [0.3, 0.4) is 0 Å². The minimum Gasteiger partial charge on any atom is -0.477 e. The highest BCUT2D eigenvalue weighted by Crippen LogP contribution is 2.16. The number of carbonyl (C=O) groups is 2. The minimum atomic E-state index is -0.975. The van der Waals surface area contributed by atoms with Crippen molar-refractivity contribution in [2.45, 2.75) is 6.54 Å². The van der Waals surface area contributed by atoms with Crippen molar-refractivity contribution in [2.75, 3.05) is 6.61 Å². The van der Waals surface area contributed by atoms with Gasteiger partial charge in [0, 0.05) is 6.54 Å². The van der Waals surface area contributed by atoms with E-state index in [4.69, 9.17) is 15.7 Å². The SMILES string of the molecule is NC(=O)CONCc1ccsc1C(=O)O. The molecule has 0 fully saturated rings. The summed E-state index contributed by atoms with van der Waals surface area (Å²) in [6.45, 7) is -0.0229. The van der Waals surface area contributed by atoms with E-state index in [0.29, 0.717) is 5.56 Å². The summed E-state index contributed by atoms with van der Waals surface area (Å²) in [5, 5.41) is 10.4. The van der Waals surface area contributed by atoms with Crippen LogP contribution in [-0.2, 0) is 16.2 Å². The van der Waals surface area contributed by atoms with Crippen LogP contribution in [0, 0.1) is 0 Å². The lowest BCUT2D eigenvalue weighted by molar-refractivity contribution is -0.125. The van der Waals surface area contributed by atoms with Crippen LogP contribution in [0.4, 0.5) is 0 Å². The lowest BCUT2D eigenvalue weighted by Gasteiger charge is -2.03. The van der Waals surface area contributed by atoms with Gasteiger partial charge in [-0.05, 0) is 17.0 Å². The fourth-order valence-electron chi connectivity index (χ4n) is 0.913. The summed E-state index contributed by atoms with van der Waals surface area (Å²) in [6.07, 6.45) is 0. The van der Waals surface area contributed by atoms with Crippen LogP contribution in [0.25, 0.3) is 0 Å². The quantitative estimate of drug-likeness (QED) is 0.470. The third kappa shape index (κ3) is 3.66. The summed E-state index contributed by atoms with van der Waals surface area (Å²) < 4.78 is 0. The lowest BCUT2D eigenvalue weighted by Crippen LogP contribution is -2.24. The van der Waals surface area contributed by atoms with Crippen LogP contribution in [0.1, 0.15) is 15.2 Å².